The molecule has 2 aromatic rings. The molecule has 2 atom stereocenters. The number of aryl methyl sites for hydroxylation is 2. The van der Waals surface area contributed by atoms with Gasteiger partial charge in [0.2, 0.25) is 0 Å². The molecule has 0 aliphatic carbocycles. The Kier molecular flexibility index (Phi) is 9.81. The summed E-state index contributed by atoms with van der Waals surface area (Å²) in [5.74, 6) is 0. The SMILES string of the molecule is CCCc1cccc(C(C=C(C)C)SC(C=C(C)C)c2cccc(CCC)c2)c1. The topological polar surface area (TPSA) is 0 Å². The lowest BCUT2D eigenvalue weighted by Gasteiger charge is -2.22. The highest BCUT2D eigenvalue weighted by molar-refractivity contribution is 8.00. The summed E-state index contributed by atoms with van der Waals surface area (Å²) in [4.78, 5) is 0. The summed E-state index contributed by atoms with van der Waals surface area (Å²) < 4.78 is 0. The Morgan fingerprint density at radius 3 is 1.48 bits per heavy atom. The maximum Gasteiger partial charge on any atom is 0.0489 e. The molecular formula is C28H38S. The molecule has 0 nitrogen and oxygen atoms in total. The zero-order valence-electron chi connectivity index (χ0n) is 19.2. The summed E-state index contributed by atoms with van der Waals surface area (Å²) in [6.45, 7) is 13.3. The summed E-state index contributed by atoms with van der Waals surface area (Å²) >= 11 is 2.05. The van der Waals surface area contributed by atoms with Crippen molar-refractivity contribution in [2.45, 2.75) is 77.7 Å². The Hall–Kier alpha value is -1.73. The van der Waals surface area contributed by atoms with Crippen LogP contribution in [0.1, 0.15) is 87.1 Å². The van der Waals surface area contributed by atoms with Gasteiger partial charge >= 0.3 is 0 Å². The molecule has 0 aliphatic heterocycles. The highest BCUT2D eigenvalue weighted by Crippen LogP contribution is 2.43. The lowest BCUT2D eigenvalue weighted by atomic mass is 10.0. The van der Waals surface area contributed by atoms with E-state index in [0.717, 1.165) is 12.8 Å². The first-order valence-corrected chi connectivity index (χ1v) is 12.0. The quantitative estimate of drug-likeness (QED) is 0.355. The van der Waals surface area contributed by atoms with Gasteiger partial charge in [-0.15, -0.1) is 11.8 Å². The van der Waals surface area contributed by atoms with Gasteiger partial charge in [-0.2, -0.15) is 0 Å². The van der Waals surface area contributed by atoms with Crippen LogP contribution in [-0.2, 0) is 12.8 Å². The van der Waals surface area contributed by atoms with Gasteiger partial charge in [-0.25, -0.2) is 0 Å². The molecule has 156 valence electrons. The molecule has 2 aromatic carbocycles. The third kappa shape index (κ3) is 7.90. The summed E-state index contributed by atoms with van der Waals surface area (Å²) in [5.41, 5.74) is 8.47. The maximum absolute atomic E-state index is 2.43. The van der Waals surface area contributed by atoms with Crippen LogP contribution >= 0.6 is 11.8 Å². The lowest BCUT2D eigenvalue weighted by Crippen LogP contribution is -2.00. The van der Waals surface area contributed by atoms with Gasteiger partial charge in [0.25, 0.3) is 0 Å². The van der Waals surface area contributed by atoms with E-state index in [1.165, 1.54) is 46.2 Å². The van der Waals surface area contributed by atoms with Gasteiger partial charge in [-0.05, 0) is 62.8 Å². The lowest BCUT2D eigenvalue weighted by molar-refractivity contribution is 0.917. The van der Waals surface area contributed by atoms with E-state index in [0.29, 0.717) is 10.5 Å². The number of hydrogen-bond donors (Lipinski definition) is 0. The predicted octanol–water partition coefficient (Wildman–Crippen LogP) is 9.04. The first kappa shape index (κ1) is 23.5. The van der Waals surface area contributed by atoms with Gasteiger partial charge < -0.3 is 0 Å². The summed E-state index contributed by atoms with van der Waals surface area (Å²) in [6.07, 6.45) is 9.53. The number of benzene rings is 2. The minimum atomic E-state index is 0.354. The first-order valence-electron chi connectivity index (χ1n) is 11.1. The zero-order valence-corrected chi connectivity index (χ0v) is 20.0. The molecule has 0 N–H and O–H groups in total. The fraction of sp³-hybridized carbons (Fsp3) is 0.429. The van der Waals surface area contributed by atoms with Crippen LogP contribution in [0.3, 0.4) is 0 Å². The van der Waals surface area contributed by atoms with Crippen LogP contribution in [0.15, 0.2) is 71.8 Å². The van der Waals surface area contributed by atoms with Crippen molar-refractivity contribution in [3.05, 3.63) is 94.1 Å². The Labute approximate surface area is 183 Å². The summed E-state index contributed by atoms with van der Waals surface area (Å²) in [5, 5.41) is 0.708. The fourth-order valence-electron chi connectivity index (χ4n) is 3.62. The molecule has 0 saturated carbocycles. The second-order valence-corrected chi connectivity index (χ2v) is 9.74. The minimum absolute atomic E-state index is 0.354. The van der Waals surface area contributed by atoms with Crippen LogP contribution < -0.4 is 0 Å². The molecular weight excluding hydrogens is 368 g/mol. The number of allylic oxidation sites excluding steroid dienone is 2. The third-order valence-electron chi connectivity index (χ3n) is 4.90. The second kappa shape index (κ2) is 12.1. The van der Waals surface area contributed by atoms with Crippen LogP contribution in [0.2, 0.25) is 0 Å². The molecule has 2 unspecified atom stereocenters. The van der Waals surface area contributed by atoms with Crippen molar-refractivity contribution in [1.29, 1.82) is 0 Å². The van der Waals surface area contributed by atoms with Gasteiger partial charge in [0.15, 0.2) is 0 Å². The molecule has 0 amide bonds. The highest BCUT2D eigenvalue weighted by Gasteiger charge is 2.18. The van der Waals surface area contributed by atoms with E-state index in [4.69, 9.17) is 0 Å². The highest BCUT2D eigenvalue weighted by atomic mass is 32.2. The third-order valence-corrected chi connectivity index (χ3v) is 6.30. The van der Waals surface area contributed by atoms with E-state index in [-0.39, 0.29) is 0 Å². The van der Waals surface area contributed by atoms with Gasteiger partial charge in [0.05, 0.1) is 0 Å². The van der Waals surface area contributed by atoms with Gasteiger partial charge in [-0.3, -0.25) is 0 Å². The molecule has 0 spiro atoms. The number of rotatable bonds is 10. The molecule has 0 bridgehead atoms. The van der Waals surface area contributed by atoms with Crippen molar-refractivity contribution in [3.63, 3.8) is 0 Å². The monoisotopic (exact) mass is 406 g/mol. The van der Waals surface area contributed by atoms with E-state index in [1.54, 1.807) is 0 Å². The van der Waals surface area contributed by atoms with E-state index in [2.05, 4.69) is 114 Å². The smallest absolute Gasteiger partial charge is 0.0489 e. The van der Waals surface area contributed by atoms with Crippen molar-refractivity contribution >= 4 is 11.8 Å². The van der Waals surface area contributed by atoms with E-state index in [1.807, 2.05) is 0 Å². The van der Waals surface area contributed by atoms with Crippen molar-refractivity contribution < 1.29 is 0 Å². The Morgan fingerprint density at radius 1 is 0.724 bits per heavy atom. The van der Waals surface area contributed by atoms with Crippen molar-refractivity contribution in [2.24, 2.45) is 0 Å². The van der Waals surface area contributed by atoms with Crippen LogP contribution in [0, 0.1) is 0 Å². The molecule has 0 heterocycles. The van der Waals surface area contributed by atoms with E-state index in [9.17, 15) is 0 Å². The van der Waals surface area contributed by atoms with Crippen LogP contribution in [0.25, 0.3) is 0 Å². The minimum Gasteiger partial charge on any atom is -0.137 e. The molecule has 0 fully saturated rings. The molecule has 1 heteroatoms. The zero-order chi connectivity index (χ0) is 21.2. The molecule has 0 aromatic heterocycles. The van der Waals surface area contributed by atoms with Crippen molar-refractivity contribution in [3.8, 4) is 0 Å². The average molecular weight is 407 g/mol. The Morgan fingerprint density at radius 2 is 1.14 bits per heavy atom. The Balaban J connectivity index is 2.41. The molecule has 0 radical (unpaired) electrons. The predicted molar refractivity (Wildman–Crippen MR) is 133 cm³/mol. The summed E-state index contributed by atoms with van der Waals surface area (Å²) in [6, 6.07) is 18.4. The standard InChI is InChI=1S/C28H38S/c1-7-11-23-13-9-15-25(19-23)27(17-21(3)4)29-28(18-22(5)6)26-16-10-14-24(20-26)12-8-2/h9-10,13-20,27-28H,7-8,11-12H2,1-6H3. The van der Waals surface area contributed by atoms with E-state index >= 15 is 0 Å². The maximum atomic E-state index is 2.43. The number of thioether (sulfide) groups is 1. The van der Waals surface area contributed by atoms with Gasteiger partial charge in [0.1, 0.15) is 0 Å². The van der Waals surface area contributed by atoms with Crippen LogP contribution in [0.5, 0.6) is 0 Å². The summed E-state index contributed by atoms with van der Waals surface area (Å²) in [7, 11) is 0. The molecule has 0 aliphatic rings. The van der Waals surface area contributed by atoms with E-state index < -0.39 is 0 Å². The first-order chi connectivity index (χ1) is 13.9. The average Bonchev–Trinajstić information content (AvgIpc) is 2.67. The molecule has 0 saturated heterocycles. The van der Waals surface area contributed by atoms with Crippen LogP contribution in [0.4, 0.5) is 0 Å². The second-order valence-electron chi connectivity index (χ2n) is 8.46. The van der Waals surface area contributed by atoms with Gasteiger partial charge in [0, 0.05) is 10.5 Å². The van der Waals surface area contributed by atoms with Crippen molar-refractivity contribution in [1.82, 2.24) is 0 Å². The number of hydrogen-bond acceptors (Lipinski definition) is 1. The fourth-order valence-corrected chi connectivity index (χ4v) is 5.24. The Bertz CT molecular complexity index is 750. The largest absolute Gasteiger partial charge is 0.137 e. The van der Waals surface area contributed by atoms with Crippen molar-refractivity contribution in [2.75, 3.05) is 0 Å². The van der Waals surface area contributed by atoms with Gasteiger partial charge in [-0.1, -0.05) is 98.5 Å². The molecule has 29 heavy (non-hydrogen) atoms. The normalized spacial score (nSPS) is 12.9. The molecule has 2 rings (SSSR count). The van der Waals surface area contributed by atoms with Crippen LogP contribution in [-0.4, -0.2) is 0 Å².